The number of carboxylic acid groups (broad SMARTS) is 1. The number of hydrogen-bond donors (Lipinski definition) is 1. The minimum Gasteiger partial charge on any atom is -0.497 e. The number of amides is 1. The van der Waals surface area contributed by atoms with Crippen LogP contribution in [0.3, 0.4) is 0 Å². The molecule has 1 amide bonds. The number of carbonyl (C=O) groups is 2. The normalized spacial score (nSPS) is 22.0. The zero-order chi connectivity index (χ0) is 18.3. The van der Waals surface area contributed by atoms with Crippen molar-refractivity contribution in [1.82, 2.24) is 4.90 Å². The molecule has 2 aromatic rings. The molecule has 0 unspecified atom stereocenters. The Hall–Kier alpha value is -2.82. The number of hydrogen-bond acceptors (Lipinski definition) is 3. The van der Waals surface area contributed by atoms with E-state index in [4.69, 9.17) is 4.74 Å². The van der Waals surface area contributed by atoms with E-state index in [-0.39, 0.29) is 5.91 Å². The van der Waals surface area contributed by atoms with E-state index in [1.54, 1.807) is 36.3 Å². The summed E-state index contributed by atoms with van der Waals surface area (Å²) in [5.74, 6) is -0.593. The monoisotopic (exact) mass is 351 g/mol. The smallest absolute Gasteiger partial charge is 0.313 e. The topological polar surface area (TPSA) is 66.8 Å². The molecule has 2 aromatic carbocycles. The second kappa shape index (κ2) is 6.48. The molecule has 1 aliphatic heterocycles. The van der Waals surface area contributed by atoms with Crippen LogP contribution in [0, 0.1) is 5.92 Å². The van der Waals surface area contributed by atoms with Crippen LogP contribution in [0.4, 0.5) is 0 Å². The molecule has 26 heavy (non-hydrogen) atoms. The van der Waals surface area contributed by atoms with Gasteiger partial charge in [-0.15, -0.1) is 0 Å². The first-order valence-corrected chi connectivity index (χ1v) is 8.87. The minimum atomic E-state index is -0.911. The van der Waals surface area contributed by atoms with Crippen molar-refractivity contribution in [2.75, 3.05) is 13.7 Å². The highest BCUT2D eigenvalue weighted by Crippen LogP contribution is 2.45. The molecule has 1 heterocycles. The molecule has 1 fully saturated rings. The second-order valence-corrected chi connectivity index (χ2v) is 7.02. The second-order valence-electron chi connectivity index (χ2n) is 7.02. The third kappa shape index (κ3) is 2.83. The van der Waals surface area contributed by atoms with Crippen molar-refractivity contribution in [3.05, 3.63) is 65.2 Å². The summed E-state index contributed by atoms with van der Waals surface area (Å²) >= 11 is 0. The molecule has 2 atom stereocenters. The first-order chi connectivity index (χ1) is 12.6. The standard InChI is InChI=1S/C21H21NO4/c1-26-15-10-8-14(9-11-15)19-18(21(24)25)16-4-2-3-5-17(16)20(23)22(19)12-13-6-7-13/h2-5,8-11,13,18-19H,6-7,12H2,1H3,(H,24,25)/t18-,19+/m0/s1. The summed E-state index contributed by atoms with van der Waals surface area (Å²) in [5, 5.41) is 10.0. The highest BCUT2D eigenvalue weighted by Gasteiger charge is 2.45. The molecule has 0 radical (unpaired) electrons. The fourth-order valence-corrected chi connectivity index (χ4v) is 3.81. The third-order valence-electron chi connectivity index (χ3n) is 5.31. The van der Waals surface area contributed by atoms with Crippen molar-refractivity contribution >= 4 is 11.9 Å². The van der Waals surface area contributed by atoms with Crippen LogP contribution in [-0.2, 0) is 4.79 Å². The largest absolute Gasteiger partial charge is 0.497 e. The van der Waals surface area contributed by atoms with Gasteiger partial charge in [-0.2, -0.15) is 0 Å². The minimum absolute atomic E-state index is 0.0779. The van der Waals surface area contributed by atoms with Crippen LogP contribution >= 0.6 is 0 Å². The number of benzene rings is 2. The van der Waals surface area contributed by atoms with Crippen LogP contribution in [0.2, 0.25) is 0 Å². The summed E-state index contributed by atoms with van der Waals surface area (Å²) < 4.78 is 5.21. The Morgan fingerprint density at radius 2 is 1.85 bits per heavy atom. The van der Waals surface area contributed by atoms with Gasteiger partial charge in [-0.05, 0) is 48.1 Å². The molecule has 5 heteroatoms. The van der Waals surface area contributed by atoms with Gasteiger partial charge in [0.05, 0.1) is 13.2 Å². The molecule has 5 nitrogen and oxygen atoms in total. The molecular formula is C21H21NO4. The average Bonchev–Trinajstić information content (AvgIpc) is 3.48. The van der Waals surface area contributed by atoms with E-state index in [9.17, 15) is 14.7 Å². The van der Waals surface area contributed by atoms with Gasteiger partial charge in [0.1, 0.15) is 11.7 Å². The van der Waals surface area contributed by atoms with Crippen LogP contribution in [-0.4, -0.2) is 35.5 Å². The Labute approximate surface area is 152 Å². The maximum atomic E-state index is 13.2. The lowest BCUT2D eigenvalue weighted by Gasteiger charge is -2.41. The summed E-state index contributed by atoms with van der Waals surface area (Å²) in [6.07, 6.45) is 2.19. The molecule has 0 bridgehead atoms. The summed E-state index contributed by atoms with van der Waals surface area (Å²) in [6.45, 7) is 0.605. The van der Waals surface area contributed by atoms with Gasteiger partial charge in [-0.1, -0.05) is 30.3 Å². The number of fused-ring (bicyclic) bond motifs is 1. The Morgan fingerprint density at radius 3 is 2.46 bits per heavy atom. The Bertz CT molecular complexity index is 841. The van der Waals surface area contributed by atoms with Crippen LogP contribution in [0.5, 0.6) is 5.75 Å². The predicted octanol–water partition coefficient (Wildman–Crippen LogP) is 3.47. The molecule has 134 valence electrons. The number of nitrogens with zero attached hydrogens (tertiary/aromatic N) is 1. The van der Waals surface area contributed by atoms with E-state index in [0.29, 0.717) is 29.3 Å². The molecule has 1 saturated carbocycles. The van der Waals surface area contributed by atoms with Gasteiger partial charge in [0, 0.05) is 12.1 Å². The molecule has 1 N–H and O–H groups in total. The molecule has 1 aliphatic carbocycles. The van der Waals surface area contributed by atoms with Crippen molar-refractivity contribution in [2.45, 2.75) is 24.8 Å². The van der Waals surface area contributed by atoms with Crippen molar-refractivity contribution in [1.29, 1.82) is 0 Å². The van der Waals surface area contributed by atoms with Gasteiger partial charge < -0.3 is 14.7 Å². The van der Waals surface area contributed by atoms with Gasteiger partial charge in [-0.25, -0.2) is 0 Å². The Morgan fingerprint density at radius 1 is 1.15 bits per heavy atom. The molecule has 0 aromatic heterocycles. The number of methoxy groups -OCH3 is 1. The van der Waals surface area contributed by atoms with Gasteiger partial charge >= 0.3 is 5.97 Å². The first-order valence-electron chi connectivity index (χ1n) is 8.87. The number of carbonyl (C=O) groups excluding carboxylic acids is 1. The van der Waals surface area contributed by atoms with Gasteiger partial charge in [0.2, 0.25) is 0 Å². The van der Waals surface area contributed by atoms with E-state index in [0.717, 1.165) is 18.4 Å². The number of carboxylic acids is 1. The van der Waals surface area contributed by atoms with E-state index in [2.05, 4.69) is 0 Å². The van der Waals surface area contributed by atoms with Gasteiger partial charge in [-0.3, -0.25) is 9.59 Å². The molecule has 0 saturated heterocycles. The first kappa shape index (κ1) is 16.6. The highest BCUT2D eigenvalue weighted by molar-refractivity contribution is 6.00. The van der Waals surface area contributed by atoms with E-state index in [1.165, 1.54) is 0 Å². The van der Waals surface area contributed by atoms with Gasteiger partial charge in [0.25, 0.3) is 5.91 Å². The summed E-state index contributed by atoms with van der Waals surface area (Å²) in [7, 11) is 1.59. The Kier molecular flexibility index (Phi) is 4.15. The number of aliphatic carboxylic acids is 1. The lowest BCUT2D eigenvalue weighted by molar-refractivity contribution is -0.140. The predicted molar refractivity (Wildman–Crippen MR) is 96.3 cm³/mol. The average molecular weight is 351 g/mol. The van der Waals surface area contributed by atoms with E-state index < -0.39 is 17.9 Å². The van der Waals surface area contributed by atoms with E-state index >= 15 is 0 Å². The molecule has 4 rings (SSSR count). The summed E-state index contributed by atoms with van der Waals surface area (Å²) in [6, 6.07) is 13.9. The molecular weight excluding hydrogens is 330 g/mol. The Balaban J connectivity index is 1.84. The van der Waals surface area contributed by atoms with Crippen LogP contribution in [0.1, 0.15) is 46.3 Å². The molecule has 2 aliphatic rings. The maximum Gasteiger partial charge on any atom is 0.313 e. The number of rotatable bonds is 5. The SMILES string of the molecule is COc1ccc([C@@H]2[C@@H](C(=O)O)c3ccccc3C(=O)N2CC2CC2)cc1. The number of ether oxygens (including phenoxy) is 1. The fraction of sp³-hybridized carbons (Fsp3) is 0.333. The van der Waals surface area contributed by atoms with Crippen molar-refractivity contribution in [3.8, 4) is 5.75 Å². The summed E-state index contributed by atoms with van der Waals surface area (Å²) in [5.41, 5.74) is 1.92. The van der Waals surface area contributed by atoms with Crippen molar-refractivity contribution in [2.24, 2.45) is 5.92 Å². The van der Waals surface area contributed by atoms with Crippen molar-refractivity contribution in [3.63, 3.8) is 0 Å². The van der Waals surface area contributed by atoms with E-state index in [1.807, 2.05) is 24.3 Å². The summed E-state index contributed by atoms with van der Waals surface area (Å²) in [4.78, 5) is 27.1. The highest BCUT2D eigenvalue weighted by atomic mass is 16.5. The quantitative estimate of drug-likeness (QED) is 0.896. The zero-order valence-corrected chi connectivity index (χ0v) is 14.6. The van der Waals surface area contributed by atoms with Crippen LogP contribution in [0.15, 0.2) is 48.5 Å². The maximum absolute atomic E-state index is 13.2. The lowest BCUT2D eigenvalue weighted by Crippen LogP contribution is -2.45. The lowest BCUT2D eigenvalue weighted by atomic mass is 9.79. The van der Waals surface area contributed by atoms with Gasteiger partial charge in [0.15, 0.2) is 0 Å². The van der Waals surface area contributed by atoms with Crippen LogP contribution < -0.4 is 4.74 Å². The van der Waals surface area contributed by atoms with Crippen LogP contribution in [0.25, 0.3) is 0 Å². The zero-order valence-electron chi connectivity index (χ0n) is 14.6. The molecule has 0 spiro atoms. The van der Waals surface area contributed by atoms with Crippen molar-refractivity contribution < 1.29 is 19.4 Å². The fourth-order valence-electron chi connectivity index (χ4n) is 3.81. The third-order valence-corrected chi connectivity index (χ3v) is 5.31.